The third-order valence-electron chi connectivity index (χ3n) is 5.24. The average molecular weight is 424 g/mol. The van der Waals surface area contributed by atoms with Crippen LogP contribution in [0.4, 0.5) is 15.3 Å². The van der Waals surface area contributed by atoms with E-state index in [0.29, 0.717) is 17.1 Å². The van der Waals surface area contributed by atoms with Crippen molar-refractivity contribution < 1.29 is 28.7 Å². The van der Waals surface area contributed by atoms with Crippen molar-refractivity contribution in [1.82, 2.24) is 16.0 Å². The standard InChI is InChI=1S/C11H10N2O4.C10H10N2O2/c1-11(9(14)12-10(15)13-11)6-2-3-7-8(4-6)17-5-16-7;1-7-9(13)11-10(14)12(7)8-5-3-2-4-6-8/h2-4H,5H2,1H3,(H2,12,13,14,15);2-7H,1H3,(H,11,13,14). The number of para-hydroxylation sites is 1. The summed E-state index contributed by atoms with van der Waals surface area (Å²) < 4.78 is 10.4. The molecule has 2 unspecified atom stereocenters. The second-order valence-corrected chi connectivity index (χ2v) is 7.28. The van der Waals surface area contributed by atoms with Crippen LogP contribution < -0.4 is 30.3 Å². The lowest BCUT2D eigenvalue weighted by Crippen LogP contribution is -2.40. The SMILES string of the molecule is CC1(c2ccc3c(c2)OCO3)NC(=O)NC1=O.CC1C(=O)NC(=O)N1c1ccccc1. The van der Waals surface area contributed by atoms with E-state index in [1.165, 1.54) is 4.90 Å². The number of carbonyl (C=O) groups excluding carboxylic acids is 4. The number of nitrogens with one attached hydrogen (secondary N) is 3. The van der Waals surface area contributed by atoms with Gasteiger partial charge in [0.25, 0.3) is 11.8 Å². The molecule has 0 spiro atoms. The van der Waals surface area contributed by atoms with E-state index in [-0.39, 0.29) is 24.6 Å². The molecule has 0 aromatic heterocycles. The Hall–Kier alpha value is -4.08. The second kappa shape index (κ2) is 7.63. The van der Waals surface area contributed by atoms with Gasteiger partial charge in [0.2, 0.25) is 6.79 Å². The van der Waals surface area contributed by atoms with Crippen molar-refractivity contribution in [3.63, 3.8) is 0 Å². The molecule has 2 aromatic carbocycles. The van der Waals surface area contributed by atoms with Gasteiger partial charge in [-0.05, 0) is 43.7 Å². The molecule has 2 atom stereocenters. The molecule has 0 bridgehead atoms. The summed E-state index contributed by atoms with van der Waals surface area (Å²) in [6.45, 7) is 3.52. The van der Waals surface area contributed by atoms with Gasteiger partial charge < -0.3 is 14.8 Å². The van der Waals surface area contributed by atoms with Crippen LogP contribution in [-0.4, -0.2) is 36.7 Å². The summed E-state index contributed by atoms with van der Waals surface area (Å²) in [6, 6.07) is 13.0. The molecule has 0 radical (unpaired) electrons. The summed E-state index contributed by atoms with van der Waals surface area (Å²) in [5, 5.41) is 7.07. The molecule has 3 aliphatic rings. The highest BCUT2D eigenvalue weighted by Crippen LogP contribution is 2.36. The highest BCUT2D eigenvalue weighted by molar-refractivity contribution is 6.14. The minimum atomic E-state index is -1.06. The average Bonchev–Trinajstić information content (AvgIpc) is 3.39. The van der Waals surface area contributed by atoms with Crippen LogP contribution in [0.25, 0.3) is 0 Å². The third-order valence-corrected chi connectivity index (χ3v) is 5.24. The smallest absolute Gasteiger partial charge is 0.329 e. The summed E-state index contributed by atoms with van der Waals surface area (Å²) in [5.41, 5.74) is 0.339. The first-order valence-corrected chi connectivity index (χ1v) is 9.52. The van der Waals surface area contributed by atoms with E-state index < -0.39 is 17.6 Å². The summed E-state index contributed by atoms with van der Waals surface area (Å²) >= 11 is 0. The predicted octanol–water partition coefficient (Wildman–Crippen LogP) is 1.60. The number of ether oxygens (including phenoxy) is 2. The topological polar surface area (TPSA) is 126 Å². The number of carbonyl (C=O) groups is 4. The predicted molar refractivity (Wildman–Crippen MR) is 109 cm³/mol. The van der Waals surface area contributed by atoms with E-state index in [9.17, 15) is 19.2 Å². The Morgan fingerprint density at radius 1 is 0.968 bits per heavy atom. The maximum Gasteiger partial charge on any atom is 0.329 e. The van der Waals surface area contributed by atoms with Gasteiger partial charge in [0, 0.05) is 5.69 Å². The normalized spacial score (nSPS) is 23.7. The van der Waals surface area contributed by atoms with Crippen LogP contribution in [0.15, 0.2) is 48.5 Å². The minimum Gasteiger partial charge on any atom is -0.454 e. The monoisotopic (exact) mass is 424 g/mol. The first-order valence-electron chi connectivity index (χ1n) is 9.52. The molecule has 10 nitrogen and oxygen atoms in total. The molecular weight excluding hydrogens is 404 g/mol. The Kier molecular flexibility index (Phi) is 4.97. The van der Waals surface area contributed by atoms with Crippen molar-refractivity contribution >= 4 is 29.6 Å². The Bertz CT molecular complexity index is 1070. The number of benzene rings is 2. The van der Waals surface area contributed by atoms with Crippen LogP contribution in [0.2, 0.25) is 0 Å². The van der Waals surface area contributed by atoms with Crippen LogP contribution in [-0.2, 0) is 15.1 Å². The fourth-order valence-electron chi connectivity index (χ4n) is 3.45. The van der Waals surface area contributed by atoms with Crippen molar-refractivity contribution in [3.8, 4) is 11.5 Å². The number of anilines is 1. The van der Waals surface area contributed by atoms with Crippen LogP contribution in [0.3, 0.4) is 0 Å². The third kappa shape index (κ3) is 3.63. The number of amides is 6. The number of imide groups is 2. The van der Waals surface area contributed by atoms with Gasteiger partial charge in [-0.15, -0.1) is 0 Å². The molecule has 10 heteroatoms. The van der Waals surface area contributed by atoms with Crippen molar-refractivity contribution in [2.75, 3.05) is 11.7 Å². The fraction of sp³-hybridized carbons (Fsp3) is 0.238. The molecule has 3 heterocycles. The zero-order chi connectivity index (χ0) is 22.2. The van der Waals surface area contributed by atoms with Crippen LogP contribution in [0, 0.1) is 0 Å². The van der Waals surface area contributed by atoms with Crippen molar-refractivity contribution in [3.05, 3.63) is 54.1 Å². The molecule has 0 aliphatic carbocycles. The second-order valence-electron chi connectivity index (χ2n) is 7.28. The molecular formula is C21H20N4O6. The summed E-state index contributed by atoms with van der Waals surface area (Å²) in [7, 11) is 0. The molecule has 5 rings (SSSR count). The molecule has 31 heavy (non-hydrogen) atoms. The van der Waals surface area contributed by atoms with E-state index in [4.69, 9.17) is 9.47 Å². The van der Waals surface area contributed by atoms with Crippen LogP contribution in [0.5, 0.6) is 11.5 Å². The number of hydrogen-bond acceptors (Lipinski definition) is 6. The van der Waals surface area contributed by atoms with Gasteiger partial charge in [-0.3, -0.25) is 25.1 Å². The van der Waals surface area contributed by atoms with Gasteiger partial charge in [0.15, 0.2) is 11.5 Å². The van der Waals surface area contributed by atoms with Crippen molar-refractivity contribution in [2.45, 2.75) is 25.4 Å². The van der Waals surface area contributed by atoms with E-state index in [0.717, 1.165) is 5.69 Å². The van der Waals surface area contributed by atoms with Gasteiger partial charge in [-0.25, -0.2) is 9.59 Å². The summed E-state index contributed by atoms with van der Waals surface area (Å²) in [4.78, 5) is 46.9. The fourth-order valence-corrected chi connectivity index (χ4v) is 3.45. The number of rotatable bonds is 2. The quantitative estimate of drug-likeness (QED) is 0.629. The maximum atomic E-state index is 11.7. The lowest BCUT2D eigenvalue weighted by atomic mass is 9.92. The number of urea groups is 2. The highest BCUT2D eigenvalue weighted by Gasteiger charge is 2.44. The van der Waals surface area contributed by atoms with Gasteiger partial charge in [0.1, 0.15) is 11.6 Å². The van der Waals surface area contributed by atoms with Gasteiger partial charge in [-0.1, -0.05) is 24.3 Å². The Labute approximate surface area is 177 Å². The maximum absolute atomic E-state index is 11.7. The minimum absolute atomic E-state index is 0.175. The number of nitrogens with zero attached hydrogens (tertiary/aromatic N) is 1. The van der Waals surface area contributed by atoms with E-state index in [1.54, 1.807) is 44.2 Å². The molecule has 2 aromatic rings. The Morgan fingerprint density at radius 3 is 2.29 bits per heavy atom. The zero-order valence-electron chi connectivity index (χ0n) is 16.8. The van der Waals surface area contributed by atoms with Crippen molar-refractivity contribution in [1.29, 1.82) is 0 Å². The lowest BCUT2D eigenvalue weighted by Gasteiger charge is -2.21. The van der Waals surface area contributed by atoms with Gasteiger partial charge in [0.05, 0.1) is 0 Å². The molecule has 160 valence electrons. The number of hydrogen-bond donors (Lipinski definition) is 3. The van der Waals surface area contributed by atoms with E-state index in [2.05, 4.69) is 16.0 Å². The lowest BCUT2D eigenvalue weighted by molar-refractivity contribution is -0.123. The molecule has 3 N–H and O–H groups in total. The van der Waals surface area contributed by atoms with Gasteiger partial charge in [-0.2, -0.15) is 0 Å². The van der Waals surface area contributed by atoms with E-state index >= 15 is 0 Å². The number of fused-ring (bicyclic) bond motifs is 1. The van der Waals surface area contributed by atoms with E-state index in [1.807, 2.05) is 18.2 Å². The van der Waals surface area contributed by atoms with Gasteiger partial charge >= 0.3 is 12.1 Å². The zero-order valence-corrected chi connectivity index (χ0v) is 16.8. The molecule has 6 amide bonds. The molecule has 0 saturated carbocycles. The van der Waals surface area contributed by atoms with Crippen LogP contribution >= 0.6 is 0 Å². The largest absolute Gasteiger partial charge is 0.454 e. The highest BCUT2D eigenvalue weighted by atomic mass is 16.7. The first kappa shape index (κ1) is 20.2. The molecule has 3 aliphatic heterocycles. The molecule has 2 saturated heterocycles. The Morgan fingerprint density at radius 2 is 1.68 bits per heavy atom. The summed E-state index contributed by atoms with van der Waals surface area (Å²) in [5.74, 6) is 0.597. The van der Waals surface area contributed by atoms with Crippen LogP contribution in [0.1, 0.15) is 19.4 Å². The first-order chi connectivity index (χ1) is 14.8. The Balaban J connectivity index is 0.000000152. The van der Waals surface area contributed by atoms with Crippen molar-refractivity contribution in [2.24, 2.45) is 0 Å². The molecule has 2 fully saturated rings. The summed E-state index contributed by atoms with van der Waals surface area (Å²) in [6.07, 6.45) is 0.